The number of carbonyl (C=O) groups is 1. The highest BCUT2D eigenvalue weighted by atomic mass is 16.5. The Morgan fingerprint density at radius 1 is 1.20 bits per heavy atom. The van der Waals surface area contributed by atoms with E-state index in [9.17, 15) is 4.79 Å². The molecule has 0 atom stereocenters. The van der Waals surface area contributed by atoms with Crippen LogP contribution in [0.25, 0.3) is 0 Å². The Bertz CT molecular complexity index is 419. The summed E-state index contributed by atoms with van der Waals surface area (Å²) in [5.41, 5.74) is 6.72. The van der Waals surface area contributed by atoms with Gasteiger partial charge in [-0.15, -0.1) is 0 Å². The summed E-state index contributed by atoms with van der Waals surface area (Å²) >= 11 is 0. The van der Waals surface area contributed by atoms with Crippen molar-refractivity contribution in [2.45, 2.75) is 45.4 Å². The first-order chi connectivity index (χ1) is 9.70. The number of rotatable bonds is 9. The largest absolute Gasteiger partial charge is 0.496 e. The van der Waals surface area contributed by atoms with Gasteiger partial charge < -0.3 is 15.8 Å². The maximum absolute atomic E-state index is 12.1. The molecule has 1 amide bonds. The Morgan fingerprint density at radius 3 is 2.60 bits per heavy atom. The summed E-state index contributed by atoms with van der Waals surface area (Å²) in [5, 5.41) is 2.91. The van der Waals surface area contributed by atoms with E-state index in [1.54, 1.807) is 25.3 Å². The molecule has 0 bridgehead atoms. The van der Waals surface area contributed by atoms with E-state index in [0.29, 0.717) is 23.5 Å². The highest BCUT2D eigenvalue weighted by Gasteiger charge is 2.14. The number of nitrogen functional groups attached to an aromatic ring is 1. The Labute approximate surface area is 121 Å². The normalized spacial score (nSPS) is 10.3. The summed E-state index contributed by atoms with van der Waals surface area (Å²) in [6.07, 6.45) is 7.23. The Morgan fingerprint density at radius 2 is 1.90 bits per heavy atom. The third kappa shape index (κ3) is 5.11. The van der Waals surface area contributed by atoms with Gasteiger partial charge in [-0.3, -0.25) is 4.79 Å². The number of anilines is 1. The van der Waals surface area contributed by atoms with Crippen molar-refractivity contribution in [2.75, 3.05) is 19.4 Å². The maximum atomic E-state index is 12.1. The molecular formula is C16H26N2O2. The van der Waals surface area contributed by atoms with Gasteiger partial charge in [0.15, 0.2) is 0 Å². The molecule has 1 rings (SSSR count). The van der Waals surface area contributed by atoms with Gasteiger partial charge in [0.2, 0.25) is 0 Å². The van der Waals surface area contributed by atoms with Crippen LogP contribution in [-0.4, -0.2) is 19.6 Å². The number of methoxy groups -OCH3 is 1. The summed E-state index contributed by atoms with van der Waals surface area (Å²) in [6, 6.07) is 5.23. The van der Waals surface area contributed by atoms with Crippen LogP contribution in [0.2, 0.25) is 0 Å². The first-order valence-electron chi connectivity index (χ1n) is 7.41. The van der Waals surface area contributed by atoms with Crippen LogP contribution in [0.15, 0.2) is 18.2 Å². The number of carbonyl (C=O) groups excluding carboxylic acids is 1. The van der Waals surface area contributed by atoms with Crippen LogP contribution in [0, 0.1) is 0 Å². The summed E-state index contributed by atoms with van der Waals surface area (Å²) in [6.45, 7) is 2.89. The molecule has 1 aromatic rings. The molecule has 3 N–H and O–H groups in total. The van der Waals surface area contributed by atoms with Gasteiger partial charge in [-0.2, -0.15) is 0 Å². The maximum Gasteiger partial charge on any atom is 0.257 e. The molecule has 0 unspecified atom stereocenters. The number of benzene rings is 1. The molecule has 0 aliphatic heterocycles. The van der Waals surface area contributed by atoms with Gasteiger partial charge in [-0.25, -0.2) is 0 Å². The average molecular weight is 278 g/mol. The van der Waals surface area contributed by atoms with Crippen molar-refractivity contribution in [3.63, 3.8) is 0 Å². The molecule has 0 fully saturated rings. The molecule has 0 spiro atoms. The van der Waals surface area contributed by atoms with Crippen LogP contribution in [0.3, 0.4) is 0 Å². The second-order valence-corrected chi connectivity index (χ2v) is 4.95. The fourth-order valence-electron chi connectivity index (χ4n) is 2.16. The van der Waals surface area contributed by atoms with Crippen LogP contribution in [0.1, 0.15) is 55.8 Å². The molecule has 0 saturated heterocycles. The van der Waals surface area contributed by atoms with Gasteiger partial charge in [0.1, 0.15) is 11.3 Å². The van der Waals surface area contributed by atoms with E-state index in [1.165, 1.54) is 25.7 Å². The molecule has 0 radical (unpaired) electrons. The van der Waals surface area contributed by atoms with Gasteiger partial charge in [0, 0.05) is 12.2 Å². The minimum Gasteiger partial charge on any atom is -0.496 e. The van der Waals surface area contributed by atoms with E-state index in [1.807, 2.05) is 0 Å². The topological polar surface area (TPSA) is 64.4 Å². The second-order valence-electron chi connectivity index (χ2n) is 4.95. The molecule has 112 valence electrons. The van der Waals surface area contributed by atoms with Crippen molar-refractivity contribution >= 4 is 11.6 Å². The third-order valence-corrected chi connectivity index (χ3v) is 3.32. The number of hydrogen-bond donors (Lipinski definition) is 2. The second kappa shape index (κ2) is 9.23. The van der Waals surface area contributed by atoms with Crippen LogP contribution < -0.4 is 15.8 Å². The lowest BCUT2D eigenvalue weighted by Crippen LogP contribution is -2.25. The average Bonchev–Trinajstić information content (AvgIpc) is 2.45. The molecule has 0 aliphatic rings. The van der Waals surface area contributed by atoms with Crippen molar-refractivity contribution in [1.82, 2.24) is 5.32 Å². The van der Waals surface area contributed by atoms with Gasteiger partial charge in [-0.1, -0.05) is 45.1 Å². The lowest BCUT2D eigenvalue weighted by atomic mass is 10.1. The minimum atomic E-state index is -0.159. The molecule has 0 aliphatic carbocycles. The van der Waals surface area contributed by atoms with E-state index in [2.05, 4.69) is 12.2 Å². The zero-order chi connectivity index (χ0) is 14.8. The number of amides is 1. The number of nitrogens with two attached hydrogens (primary N) is 1. The lowest BCUT2D eigenvalue weighted by molar-refractivity contribution is 0.0951. The first kappa shape index (κ1) is 16.3. The highest BCUT2D eigenvalue weighted by molar-refractivity contribution is 6.01. The summed E-state index contributed by atoms with van der Waals surface area (Å²) in [5.74, 6) is 0.360. The molecular weight excluding hydrogens is 252 g/mol. The predicted molar refractivity (Wildman–Crippen MR) is 83.1 cm³/mol. The van der Waals surface area contributed by atoms with Crippen molar-refractivity contribution in [2.24, 2.45) is 0 Å². The van der Waals surface area contributed by atoms with E-state index in [-0.39, 0.29) is 5.91 Å². The molecule has 4 nitrogen and oxygen atoms in total. The number of hydrogen-bond acceptors (Lipinski definition) is 3. The molecule has 20 heavy (non-hydrogen) atoms. The lowest BCUT2D eigenvalue weighted by Gasteiger charge is -2.11. The SMILES string of the molecule is CCCCCCCCNC(=O)c1c(N)cccc1OC. The number of unbranched alkanes of at least 4 members (excludes halogenated alkanes) is 5. The first-order valence-corrected chi connectivity index (χ1v) is 7.41. The van der Waals surface area contributed by atoms with Crippen molar-refractivity contribution < 1.29 is 9.53 Å². The molecule has 4 heteroatoms. The minimum absolute atomic E-state index is 0.159. The van der Waals surface area contributed by atoms with Crippen molar-refractivity contribution in [1.29, 1.82) is 0 Å². The Balaban J connectivity index is 2.36. The van der Waals surface area contributed by atoms with Crippen LogP contribution >= 0.6 is 0 Å². The smallest absolute Gasteiger partial charge is 0.257 e. The van der Waals surface area contributed by atoms with Crippen molar-refractivity contribution in [3.8, 4) is 5.75 Å². The van der Waals surface area contributed by atoms with Crippen LogP contribution in [-0.2, 0) is 0 Å². The monoisotopic (exact) mass is 278 g/mol. The van der Waals surface area contributed by atoms with Crippen molar-refractivity contribution in [3.05, 3.63) is 23.8 Å². The predicted octanol–water partition coefficient (Wildman–Crippen LogP) is 3.37. The standard InChI is InChI=1S/C16H26N2O2/c1-3-4-5-6-7-8-12-18-16(19)15-13(17)10-9-11-14(15)20-2/h9-11H,3-8,12,17H2,1-2H3,(H,18,19). The van der Waals surface area contributed by atoms with Gasteiger partial charge in [-0.05, 0) is 18.6 Å². The fourth-order valence-corrected chi connectivity index (χ4v) is 2.16. The van der Waals surface area contributed by atoms with Gasteiger partial charge in [0.25, 0.3) is 5.91 Å². The third-order valence-electron chi connectivity index (χ3n) is 3.32. The number of ether oxygens (including phenoxy) is 1. The molecule has 0 saturated carbocycles. The van der Waals surface area contributed by atoms with Crippen LogP contribution in [0.4, 0.5) is 5.69 Å². The summed E-state index contributed by atoms with van der Waals surface area (Å²) in [4.78, 5) is 12.1. The highest BCUT2D eigenvalue weighted by Crippen LogP contribution is 2.23. The van der Waals surface area contributed by atoms with E-state index in [4.69, 9.17) is 10.5 Å². The van der Waals surface area contributed by atoms with Gasteiger partial charge in [0.05, 0.1) is 7.11 Å². The van der Waals surface area contributed by atoms with Gasteiger partial charge >= 0.3 is 0 Å². The van der Waals surface area contributed by atoms with E-state index < -0.39 is 0 Å². The summed E-state index contributed by atoms with van der Waals surface area (Å²) < 4.78 is 5.18. The van der Waals surface area contributed by atoms with E-state index in [0.717, 1.165) is 12.8 Å². The van der Waals surface area contributed by atoms with E-state index >= 15 is 0 Å². The summed E-state index contributed by atoms with van der Waals surface area (Å²) in [7, 11) is 1.54. The molecule has 0 heterocycles. The van der Waals surface area contributed by atoms with Crippen LogP contribution in [0.5, 0.6) is 5.75 Å². The molecule has 1 aromatic carbocycles. The quantitative estimate of drug-likeness (QED) is 0.537. The fraction of sp³-hybridized carbons (Fsp3) is 0.562. The molecule has 0 aromatic heterocycles. The zero-order valence-electron chi connectivity index (χ0n) is 12.6. The Kier molecular flexibility index (Phi) is 7.55. The number of nitrogens with one attached hydrogen (secondary N) is 1. The Hall–Kier alpha value is -1.71. The zero-order valence-corrected chi connectivity index (χ0v) is 12.6.